The minimum atomic E-state index is -1.61. The summed E-state index contributed by atoms with van der Waals surface area (Å²) in [4.78, 5) is 19.3. The number of unbranched alkanes of at least 4 members (excludes halogenated alkanes) is 4. The number of carbonyl (C=O) groups is 1. The third-order valence-electron chi connectivity index (χ3n) is 7.54. The molecule has 0 saturated carbocycles. The highest BCUT2D eigenvalue weighted by atomic mass is 19.1. The molecule has 1 aliphatic heterocycles. The van der Waals surface area contributed by atoms with E-state index in [1.165, 1.54) is 29.0 Å². The van der Waals surface area contributed by atoms with E-state index in [1.54, 1.807) is 5.48 Å². The van der Waals surface area contributed by atoms with Crippen LogP contribution in [0.5, 0.6) is 5.75 Å². The van der Waals surface area contributed by atoms with Crippen molar-refractivity contribution in [1.29, 1.82) is 0 Å². The number of benzene rings is 2. The molecule has 1 amide bonds. The van der Waals surface area contributed by atoms with Crippen molar-refractivity contribution in [3.63, 3.8) is 0 Å². The van der Waals surface area contributed by atoms with E-state index in [4.69, 9.17) is 9.94 Å². The standard InChI is InChI=1S/C30H40F2N6O4/c31-25-9-12-27(28(32)18-25)30(40,21-38-23-33-22-34-38)20-37-15-13-36(14-16-37)19-24-7-10-26(11-8-24)42-17-5-3-1-2-4-6-29(39)35-41/h7-12,18,22-23,40-41H,1-6,13-17,19-21H2,(H,35,39). The Hall–Kier alpha value is -3.45. The fourth-order valence-corrected chi connectivity index (χ4v) is 5.26. The largest absolute Gasteiger partial charge is 0.494 e. The highest BCUT2D eigenvalue weighted by molar-refractivity contribution is 5.74. The molecule has 1 atom stereocenters. The lowest BCUT2D eigenvalue weighted by molar-refractivity contribution is -0.129. The number of β-amino-alcohol motifs (C(OH)–C–C–N with tert-alkyl or cyclic N) is 1. The van der Waals surface area contributed by atoms with Gasteiger partial charge in [0.15, 0.2) is 0 Å². The van der Waals surface area contributed by atoms with Gasteiger partial charge in [0.1, 0.15) is 35.6 Å². The van der Waals surface area contributed by atoms with Crippen molar-refractivity contribution >= 4 is 5.91 Å². The number of aliphatic hydroxyl groups is 1. The van der Waals surface area contributed by atoms with Crippen LogP contribution in [0, 0.1) is 11.6 Å². The van der Waals surface area contributed by atoms with Gasteiger partial charge in [0.05, 0.1) is 13.2 Å². The Bertz CT molecular complexity index is 1240. The van der Waals surface area contributed by atoms with Gasteiger partial charge in [-0.15, -0.1) is 0 Å². The normalized spacial score (nSPS) is 15.8. The SMILES string of the molecule is O=C(CCCCCCCOc1ccc(CN2CCN(CC(O)(Cn3cncn3)c3ccc(F)cc3F)CC2)cc1)NO. The van der Waals surface area contributed by atoms with Crippen molar-refractivity contribution in [2.75, 3.05) is 39.3 Å². The Labute approximate surface area is 244 Å². The molecular weight excluding hydrogens is 546 g/mol. The first kappa shape index (κ1) is 31.5. The molecule has 1 fully saturated rings. The topological polar surface area (TPSA) is 116 Å². The number of nitrogens with zero attached hydrogens (tertiary/aromatic N) is 5. The summed E-state index contributed by atoms with van der Waals surface area (Å²) in [5, 5.41) is 24.2. The van der Waals surface area contributed by atoms with Crippen molar-refractivity contribution in [2.24, 2.45) is 0 Å². The number of nitrogens with one attached hydrogen (secondary N) is 1. The van der Waals surface area contributed by atoms with E-state index in [9.17, 15) is 18.7 Å². The van der Waals surface area contributed by atoms with Gasteiger partial charge in [-0.25, -0.2) is 23.9 Å². The number of rotatable bonds is 16. The zero-order chi connectivity index (χ0) is 29.8. The van der Waals surface area contributed by atoms with Gasteiger partial charge in [0, 0.05) is 57.3 Å². The number of piperazine rings is 1. The molecule has 0 bridgehead atoms. The van der Waals surface area contributed by atoms with Crippen LogP contribution < -0.4 is 10.2 Å². The molecule has 1 unspecified atom stereocenters. The summed E-state index contributed by atoms with van der Waals surface area (Å²) in [5.74, 6) is -0.981. The molecule has 42 heavy (non-hydrogen) atoms. The Balaban J connectivity index is 1.19. The maximum Gasteiger partial charge on any atom is 0.243 e. The van der Waals surface area contributed by atoms with E-state index in [0.29, 0.717) is 26.1 Å². The van der Waals surface area contributed by atoms with Crippen LogP contribution in [-0.2, 0) is 23.5 Å². The highest BCUT2D eigenvalue weighted by Crippen LogP contribution is 2.28. The Kier molecular flexibility index (Phi) is 11.8. The molecule has 2 aromatic carbocycles. The first-order chi connectivity index (χ1) is 20.3. The molecule has 1 saturated heterocycles. The molecule has 1 aromatic heterocycles. The number of ether oxygens (including phenoxy) is 1. The third-order valence-corrected chi connectivity index (χ3v) is 7.54. The summed E-state index contributed by atoms with van der Waals surface area (Å²) in [5.41, 5.74) is 1.25. The number of carbonyl (C=O) groups excluding carboxylic acids is 1. The van der Waals surface area contributed by atoms with Crippen LogP contribution in [0.1, 0.15) is 49.7 Å². The number of halogens is 2. The molecule has 0 radical (unpaired) electrons. The summed E-state index contributed by atoms with van der Waals surface area (Å²) in [7, 11) is 0. The second-order valence-corrected chi connectivity index (χ2v) is 10.8. The van der Waals surface area contributed by atoms with Gasteiger partial charge in [0.25, 0.3) is 0 Å². The van der Waals surface area contributed by atoms with Crippen LogP contribution in [0.2, 0.25) is 0 Å². The molecule has 228 valence electrons. The molecule has 12 heteroatoms. The number of aromatic nitrogens is 3. The van der Waals surface area contributed by atoms with Crippen molar-refractivity contribution in [1.82, 2.24) is 30.0 Å². The van der Waals surface area contributed by atoms with E-state index in [1.807, 2.05) is 12.1 Å². The molecule has 3 N–H and O–H groups in total. The second kappa shape index (κ2) is 15.7. The molecular formula is C30H40F2N6O4. The number of amides is 1. The van der Waals surface area contributed by atoms with Crippen molar-refractivity contribution in [3.05, 3.63) is 77.9 Å². The summed E-state index contributed by atoms with van der Waals surface area (Å²) in [6, 6.07) is 11.4. The number of hydrogen-bond donors (Lipinski definition) is 3. The summed E-state index contributed by atoms with van der Waals surface area (Å²) >= 11 is 0. The van der Waals surface area contributed by atoms with E-state index >= 15 is 0 Å². The van der Waals surface area contributed by atoms with Crippen LogP contribution in [0.4, 0.5) is 8.78 Å². The minimum absolute atomic E-state index is 0.00427. The fraction of sp³-hybridized carbons (Fsp3) is 0.500. The van der Waals surface area contributed by atoms with E-state index in [-0.39, 0.29) is 24.6 Å². The van der Waals surface area contributed by atoms with E-state index in [2.05, 4.69) is 32.0 Å². The first-order valence-electron chi connectivity index (χ1n) is 14.4. The van der Waals surface area contributed by atoms with Gasteiger partial charge in [0.2, 0.25) is 5.91 Å². The maximum atomic E-state index is 14.7. The molecule has 0 aliphatic carbocycles. The summed E-state index contributed by atoms with van der Waals surface area (Å²) in [6.45, 7) is 4.56. The van der Waals surface area contributed by atoms with Crippen LogP contribution in [0.3, 0.4) is 0 Å². The molecule has 10 nitrogen and oxygen atoms in total. The maximum absolute atomic E-state index is 14.7. The van der Waals surface area contributed by atoms with Crippen LogP contribution >= 0.6 is 0 Å². The summed E-state index contributed by atoms with van der Waals surface area (Å²) in [6.07, 6.45) is 7.89. The molecule has 0 spiro atoms. The van der Waals surface area contributed by atoms with E-state index in [0.717, 1.165) is 69.6 Å². The Morgan fingerprint density at radius 1 is 0.952 bits per heavy atom. The van der Waals surface area contributed by atoms with Crippen LogP contribution in [-0.4, -0.2) is 80.1 Å². The van der Waals surface area contributed by atoms with Crippen LogP contribution in [0.25, 0.3) is 0 Å². The molecule has 3 aromatic rings. The Morgan fingerprint density at radius 2 is 1.67 bits per heavy atom. The lowest BCUT2D eigenvalue weighted by Gasteiger charge is -2.39. The predicted molar refractivity (Wildman–Crippen MR) is 152 cm³/mol. The molecule has 1 aliphatic rings. The molecule has 2 heterocycles. The van der Waals surface area contributed by atoms with Crippen molar-refractivity contribution < 1.29 is 28.6 Å². The lowest BCUT2D eigenvalue weighted by Crippen LogP contribution is -2.52. The van der Waals surface area contributed by atoms with Gasteiger partial charge in [-0.3, -0.25) is 19.8 Å². The zero-order valence-corrected chi connectivity index (χ0v) is 23.8. The lowest BCUT2D eigenvalue weighted by atomic mass is 9.92. The van der Waals surface area contributed by atoms with Gasteiger partial charge in [-0.1, -0.05) is 37.5 Å². The summed E-state index contributed by atoms with van der Waals surface area (Å²) < 4.78 is 35.6. The van der Waals surface area contributed by atoms with Gasteiger partial charge in [-0.2, -0.15) is 5.10 Å². The Morgan fingerprint density at radius 3 is 2.36 bits per heavy atom. The second-order valence-electron chi connectivity index (χ2n) is 10.8. The average molecular weight is 587 g/mol. The predicted octanol–water partition coefficient (Wildman–Crippen LogP) is 3.49. The third kappa shape index (κ3) is 9.55. The first-order valence-corrected chi connectivity index (χ1v) is 14.4. The zero-order valence-electron chi connectivity index (χ0n) is 23.8. The number of hydroxylamine groups is 1. The van der Waals surface area contributed by atoms with E-state index < -0.39 is 17.2 Å². The van der Waals surface area contributed by atoms with Crippen LogP contribution in [0.15, 0.2) is 55.1 Å². The van der Waals surface area contributed by atoms with Gasteiger partial charge in [-0.05, 0) is 36.6 Å². The van der Waals surface area contributed by atoms with Gasteiger partial charge < -0.3 is 9.84 Å². The number of hydrogen-bond acceptors (Lipinski definition) is 8. The monoisotopic (exact) mass is 586 g/mol. The quantitative estimate of drug-likeness (QED) is 0.133. The minimum Gasteiger partial charge on any atom is -0.494 e. The fourth-order valence-electron chi connectivity index (χ4n) is 5.26. The highest BCUT2D eigenvalue weighted by Gasteiger charge is 2.36. The molecule has 4 rings (SSSR count). The average Bonchev–Trinajstić information content (AvgIpc) is 3.48. The van der Waals surface area contributed by atoms with Gasteiger partial charge >= 0.3 is 0 Å². The van der Waals surface area contributed by atoms with Crippen molar-refractivity contribution in [2.45, 2.75) is 57.2 Å². The van der Waals surface area contributed by atoms with Crippen molar-refractivity contribution in [3.8, 4) is 5.75 Å². The smallest absolute Gasteiger partial charge is 0.243 e.